The van der Waals surface area contributed by atoms with Crippen LogP contribution in [-0.2, 0) is 19.1 Å². The van der Waals surface area contributed by atoms with E-state index in [1.807, 2.05) is 0 Å². The van der Waals surface area contributed by atoms with Crippen molar-refractivity contribution in [3.05, 3.63) is 18.2 Å². The quantitative estimate of drug-likeness (QED) is 0.772. The van der Waals surface area contributed by atoms with Crippen LogP contribution in [0.25, 0.3) is 0 Å². The fourth-order valence-electron chi connectivity index (χ4n) is 2.66. The van der Waals surface area contributed by atoms with Crippen LogP contribution in [-0.4, -0.2) is 56.0 Å². The molecular weight excluding hydrogens is 326 g/mol. The van der Waals surface area contributed by atoms with E-state index in [4.69, 9.17) is 9.47 Å². The predicted molar refractivity (Wildman–Crippen MR) is 92.5 cm³/mol. The van der Waals surface area contributed by atoms with Gasteiger partial charge >= 0.3 is 0 Å². The van der Waals surface area contributed by atoms with E-state index in [0.29, 0.717) is 30.1 Å². The first-order valence-corrected chi connectivity index (χ1v) is 8.03. The Balaban J connectivity index is 2.05. The molecule has 0 radical (unpaired) electrons. The Kier molecular flexibility index (Phi) is 6.35. The van der Waals surface area contributed by atoms with E-state index in [-0.39, 0.29) is 24.3 Å². The number of hydrogen-bond acceptors (Lipinski definition) is 5. The molecule has 1 aliphatic heterocycles. The number of anilines is 2. The molecule has 1 aromatic rings. The second kappa shape index (κ2) is 8.48. The molecule has 3 amide bonds. The van der Waals surface area contributed by atoms with Gasteiger partial charge in [-0.25, -0.2) is 0 Å². The second-order valence-corrected chi connectivity index (χ2v) is 5.75. The first kappa shape index (κ1) is 18.7. The molecular formula is C17H23N3O5. The zero-order valence-corrected chi connectivity index (χ0v) is 14.6. The average molecular weight is 349 g/mol. The minimum Gasteiger partial charge on any atom is -0.494 e. The van der Waals surface area contributed by atoms with Crippen molar-refractivity contribution in [1.29, 1.82) is 0 Å². The number of ether oxygens (including phenoxy) is 2. The standard InChI is InChI=1S/C17H23N3O5/c1-11(20-8-4-5-16(20)22)17(23)18-12-6-7-13(14(9-12)25-3)19-15(21)10-24-2/h6-7,9,11H,4-5,8,10H2,1-3H3,(H,18,23)(H,19,21). The number of amides is 3. The maximum Gasteiger partial charge on any atom is 0.250 e. The molecule has 1 aliphatic rings. The fourth-order valence-corrected chi connectivity index (χ4v) is 2.66. The van der Waals surface area contributed by atoms with Crippen LogP contribution in [0.1, 0.15) is 19.8 Å². The smallest absolute Gasteiger partial charge is 0.250 e. The zero-order valence-electron chi connectivity index (χ0n) is 14.6. The predicted octanol–water partition coefficient (Wildman–Crippen LogP) is 1.23. The highest BCUT2D eigenvalue weighted by molar-refractivity contribution is 5.98. The molecule has 0 spiro atoms. The number of methoxy groups -OCH3 is 2. The molecule has 1 atom stereocenters. The molecule has 2 N–H and O–H groups in total. The van der Waals surface area contributed by atoms with Crippen LogP contribution in [0, 0.1) is 0 Å². The molecule has 8 heteroatoms. The lowest BCUT2D eigenvalue weighted by Crippen LogP contribution is -2.42. The van der Waals surface area contributed by atoms with Crippen molar-refractivity contribution < 1.29 is 23.9 Å². The molecule has 25 heavy (non-hydrogen) atoms. The number of rotatable bonds is 7. The summed E-state index contributed by atoms with van der Waals surface area (Å²) >= 11 is 0. The molecule has 1 unspecified atom stereocenters. The molecule has 1 saturated heterocycles. The Morgan fingerprint density at radius 2 is 2.04 bits per heavy atom. The number of hydrogen-bond donors (Lipinski definition) is 2. The van der Waals surface area contributed by atoms with Crippen LogP contribution < -0.4 is 15.4 Å². The third-order valence-corrected chi connectivity index (χ3v) is 3.98. The van der Waals surface area contributed by atoms with Gasteiger partial charge in [0.2, 0.25) is 17.7 Å². The number of nitrogens with one attached hydrogen (secondary N) is 2. The zero-order chi connectivity index (χ0) is 18.4. The van der Waals surface area contributed by atoms with E-state index in [1.54, 1.807) is 30.0 Å². The number of likely N-dealkylation sites (tertiary alicyclic amines) is 1. The lowest BCUT2D eigenvalue weighted by atomic mass is 10.2. The van der Waals surface area contributed by atoms with Crippen LogP contribution >= 0.6 is 0 Å². The molecule has 0 aromatic heterocycles. The highest BCUT2D eigenvalue weighted by Crippen LogP contribution is 2.28. The van der Waals surface area contributed by atoms with E-state index in [9.17, 15) is 14.4 Å². The van der Waals surface area contributed by atoms with Gasteiger partial charge in [0.05, 0.1) is 12.8 Å². The maximum atomic E-state index is 12.4. The summed E-state index contributed by atoms with van der Waals surface area (Å²) in [4.78, 5) is 37.3. The van der Waals surface area contributed by atoms with Gasteiger partial charge in [-0.1, -0.05) is 0 Å². The Bertz CT molecular complexity index is 662. The van der Waals surface area contributed by atoms with Crippen molar-refractivity contribution in [1.82, 2.24) is 4.90 Å². The monoisotopic (exact) mass is 349 g/mol. The van der Waals surface area contributed by atoms with Gasteiger partial charge in [0.1, 0.15) is 18.4 Å². The molecule has 1 heterocycles. The summed E-state index contributed by atoms with van der Waals surface area (Å²) in [5.41, 5.74) is 0.996. The molecule has 2 rings (SSSR count). The average Bonchev–Trinajstić information content (AvgIpc) is 3.01. The van der Waals surface area contributed by atoms with Gasteiger partial charge in [0.25, 0.3) is 0 Å². The summed E-state index contributed by atoms with van der Waals surface area (Å²) in [6, 6.07) is 4.36. The lowest BCUT2D eigenvalue weighted by Gasteiger charge is -2.23. The topological polar surface area (TPSA) is 97.0 Å². The van der Waals surface area contributed by atoms with Gasteiger partial charge in [-0.3, -0.25) is 14.4 Å². The SMILES string of the molecule is COCC(=O)Nc1ccc(NC(=O)C(C)N2CCCC2=O)cc1OC. The summed E-state index contributed by atoms with van der Waals surface area (Å²) in [6.07, 6.45) is 1.27. The van der Waals surface area contributed by atoms with Crippen molar-refractivity contribution in [2.24, 2.45) is 0 Å². The third kappa shape index (κ3) is 4.69. The van der Waals surface area contributed by atoms with Crippen LogP contribution in [0.4, 0.5) is 11.4 Å². The van der Waals surface area contributed by atoms with Crippen molar-refractivity contribution in [2.75, 3.05) is 38.0 Å². The van der Waals surface area contributed by atoms with E-state index < -0.39 is 6.04 Å². The number of benzene rings is 1. The Labute approximate surface area is 146 Å². The Morgan fingerprint density at radius 1 is 1.28 bits per heavy atom. The lowest BCUT2D eigenvalue weighted by molar-refractivity contribution is -0.134. The first-order chi connectivity index (χ1) is 12.0. The van der Waals surface area contributed by atoms with Crippen LogP contribution in [0.15, 0.2) is 18.2 Å². The highest BCUT2D eigenvalue weighted by atomic mass is 16.5. The summed E-state index contributed by atoms with van der Waals surface area (Å²) in [6.45, 7) is 2.24. The number of carbonyl (C=O) groups excluding carboxylic acids is 3. The van der Waals surface area contributed by atoms with E-state index >= 15 is 0 Å². The molecule has 1 aromatic carbocycles. The van der Waals surface area contributed by atoms with E-state index in [1.165, 1.54) is 14.2 Å². The molecule has 0 saturated carbocycles. The second-order valence-electron chi connectivity index (χ2n) is 5.75. The third-order valence-electron chi connectivity index (χ3n) is 3.98. The van der Waals surface area contributed by atoms with Gasteiger partial charge in [-0.05, 0) is 25.5 Å². The normalized spacial score (nSPS) is 15.0. The Hall–Kier alpha value is -2.61. The first-order valence-electron chi connectivity index (χ1n) is 8.03. The number of carbonyl (C=O) groups is 3. The van der Waals surface area contributed by atoms with E-state index in [2.05, 4.69) is 10.6 Å². The summed E-state index contributed by atoms with van der Waals surface area (Å²) in [7, 11) is 2.90. The van der Waals surface area contributed by atoms with Crippen LogP contribution in [0.3, 0.4) is 0 Å². The van der Waals surface area contributed by atoms with Crippen molar-refractivity contribution in [2.45, 2.75) is 25.8 Å². The van der Waals surface area contributed by atoms with Crippen molar-refractivity contribution in [3.8, 4) is 5.75 Å². The molecule has 0 aliphatic carbocycles. The maximum absolute atomic E-state index is 12.4. The van der Waals surface area contributed by atoms with Gasteiger partial charge in [-0.2, -0.15) is 0 Å². The summed E-state index contributed by atoms with van der Waals surface area (Å²) in [5, 5.41) is 5.43. The molecule has 0 bridgehead atoms. The van der Waals surface area contributed by atoms with Crippen LogP contribution in [0.5, 0.6) is 5.75 Å². The fraction of sp³-hybridized carbons (Fsp3) is 0.471. The van der Waals surface area contributed by atoms with Gasteiger partial charge in [0.15, 0.2) is 0 Å². The largest absolute Gasteiger partial charge is 0.494 e. The summed E-state index contributed by atoms with van der Waals surface area (Å²) in [5.74, 6) is -0.171. The highest BCUT2D eigenvalue weighted by Gasteiger charge is 2.29. The van der Waals surface area contributed by atoms with Crippen LogP contribution in [0.2, 0.25) is 0 Å². The molecule has 1 fully saturated rings. The Morgan fingerprint density at radius 3 is 2.64 bits per heavy atom. The van der Waals surface area contributed by atoms with Gasteiger partial charge in [-0.15, -0.1) is 0 Å². The molecule has 136 valence electrons. The van der Waals surface area contributed by atoms with Gasteiger partial charge < -0.3 is 25.0 Å². The number of nitrogens with zero attached hydrogens (tertiary/aromatic N) is 1. The minimum absolute atomic E-state index is 0.00330. The van der Waals surface area contributed by atoms with Crippen molar-refractivity contribution >= 4 is 29.1 Å². The van der Waals surface area contributed by atoms with Gasteiger partial charge in [0, 0.05) is 31.8 Å². The minimum atomic E-state index is -0.540. The summed E-state index contributed by atoms with van der Waals surface area (Å²) < 4.78 is 10.0. The van der Waals surface area contributed by atoms with Crippen molar-refractivity contribution in [3.63, 3.8) is 0 Å². The molecule has 8 nitrogen and oxygen atoms in total. The van der Waals surface area contributed by atoms with E-state index in [0.717, 1.165) is 6.42 Å².